The van der Waals surface area contributed by atoms with E-state index in [-0.39, 0.29) is 11.3 Å². The van der Waals surface area contributed by atoms with E-state index in [4.69, 9.17) is 5.73 Å². The molecular weight excluding hydrogens is 214 g/mol. The van der Waals surface area contributed by atoms with Gasteiger partial charge in [-0.05, 0) is 19.8 Å². The summed E-state index contributed by atoms with van der Waals surface area (Å²) in [6.45, 7) is 3.24. The zero-order valence-electron chi connectivity index (χ0n) is 8.94. The molecule has 0 aromatic rings. The molecule has 15 heavy (non-hydrogen) atoms. The molecule has 1 spiro atoms. The maximum absolute atomic E-state index is 11.7. The summed E-state index contributed by atoms with van der Waals surface area (Å²) in [5.74, 6) is 1.01. The third-order valence-corrected chi connectivity index (χ3v) is 5.17. The highest BCUT2D eigenvalue weighted by Gasteiger charge is 2.46. The lowest BCUT2D eigenvalue weighted by Crippen LogP contribution is -2.57. The van der Waals surface area contributed by atoms with Crippen LogP contribution in [-0.4, -0.2) is 49.4 Å². The Labute approximate surface area is 90.3 Å². The molecule has 1 fully saturated rings. The van der Waals surface area contributed by atoms with Crippen LogP contribution < -0.4 is 5.73 Å². The van der Waals surface area contributed by atoms with Crippen molar-refractivity contribution in [3.05, 3.63) is 0 Å². The molecule has 5 nitrogen and oxygen atoms in total. The SMILES string of the molecule is CCN1C(N)=NCC12CCCS(=O)(=O)C2. The quantitative estimate of drug-likeness (QED) is 0.665. The van der Waals surface area contributed by atoms with Crippen LogP contribution in [0.1, 0.15) is 19.8 Å². The van der Waals surface area contributed by atoms with Crippen molar-refractivity contribution in [1.29, 1.82) is 0 Å². The van der Waals surface area contributed by atoms with E-state index in [1.807, 2.05) is 11.8 Å². The van der Waals surface area contributed by atoms with Crippen molar-refractivity contribution in [1.82, 2.24) is 4.90 Å². The molecule has 2 N–H and O–H groups in total. The van der Waals surface area contributed by atoms with Crippen LogP contribution in [0.4, 0.5) is 0 Å². The van der Waals surface area contributed by atoms with Crippen LogP contribution in [0.2, 0.25) is 0 Å². The topological polar surface area (TPSA) is 75.8 Å². The number of guanidine groups is 1. The van der Waals surface area contributed by atoms with Gasteiger partial charge < -0.3 is 10.6 Å². The molecule has 0 radical (unpaired) electrons. The third-order valence-electron chi connectivity index (χ3n) is 3.29. The Morgan fingerprint density at radius 1 is 1.60 bits per heavy atom. The molecule has 6 heteroatoms. The highest BCUT2D eigenvalue weighted by molar-refractivity contribution is 7.91. The van der Waals surface area contributed by atoms with Crippen molar-refractivity contribution < 1.29 is 8.42 Å². The minimum Gasteiger partial charge on any atom is -0.370 e. The van der Waals surface area contributed by atoms with Gasteiger partial charge >= 0.3 is 0 Å². The number of aliphatic imine (C=N–C) groups is 1. The van der Waals surface area contributed by atoms with Crippen molar-refractivity contribution in [2.75, 3.05) is 24.6 Å². The van der Waals surface area contributed by atoms with Crippen molar-refractivity contribution in [3.63, 3.8) is 0 Å². The molecule has 0 aliphatic carbocycles. The van der Waals surface area contributed by atoms with Gasteiger partial charge in [-0.25, -0.2) is 8.42 Å². The standard InChI is InChI=1S/C9H17N3O2S/c1-2-12-8(10)11-6-9(12)4-3-5-15(13,14)7-9/h2-7H2,1H3,(H2,10,11). The van der Waals surface area contributed by atoms with Gasteiger partial charge in [0, 0.05) is 6.54 Å². The van der Waals surface area contributed by atoms with Crippen LogP contribution in [0.3, 0.4) is 0 Å². The number of nitrogens with zero attached hydrogens (tertiary/aromatic N) is 2. The van der Waals surface area contributed by atoms with E-state index >= 15 is 0 Å². The van der Waals surface area contributed by atoms with Crippen LogP contribution in [0.15, 0.2) is 4.99 Å². The smallest absolute Gasteiger partial charge is 0.191 e. The Kier molecular flexibility index (Phi) is 2.41. The molecule has 2 heterocycles. The predicted octanol–water partition coefficient (Wildman–Crippen LogP) is -0.416. The van der Waals surface area contributed by atoms with Gasteiger partial charge in [-0.3, -0.25) is 4.99 Å². The van der Waals surface area contributed by atoms with Gasteiger partial charge in [-0.15, -0.1) is 0 Å². The Morgan fingerprint density at radius 2 is 2.33 bits per heavy atom. The number of rotatable bonds is 1. The van der Waals surface area contributed by atoms with Gasteiger partial charge in [-0.1, -0.05) is 0 Å². The van der Waals surface area contributed by atoms with Crippen molar-refractivity contribution >= 4 is 15.8 Å². The van der Waals surface area contributed by atoms with E-state index in [1.165, 1.54) is 0 Å². The van der Waals surface area contributed by atoms with Crippen molar-refractivity contribution in [3.8, 4) is 0 Å². The molecular formula is C9H17N3O2S. The third kappa shape index (κ3) is 1.71. The summed E-state index contributed by atoms with van der Waals surface area (Å²) >= 11 is 0. The number of nitrogens with two attached hydrogens (primary N) is 1. The lowest BCUT2D eigenvalue weighted by atomic mass is 9.94. The van der Waals surface area contributed by atoms with Crippen LogP contribution in [0.5, 0.6) is 0 Å². The van der Waals surface area contributed by atoms with Gasteiger partial charge in [-0.2, -0.15) is 0 Å². The Balaban J connectivity index is 2.28. The van der Waals surface area contributed by atoms with Gasteiger partial charge in [0.15, 0.2) is 15.8 Å². The van der Waals surface area contributed by atoms with E-state index in [0.717, 1.165) is 19.4 Å². The lowest BCUT2D eigenvalue weighted by Gasteiger charge is -2.40. The molecule has 1 saturated heterocycles. The van der Waals surface area contributed by atoms with Gasteiger partial charge in [0.25, 0.3) is 0 Å². The highest BCUT2D eigenvalue weighted by atomic mass is 32.2. The largest absolute Gasteiger partial charge is 0.370 e. The normalized spacial score (nSPS) is 34.5. The highest BCUT2D eigenvalue weighted by Crippen LogP contribution is 2.32. The van der Waals surface area contributed by atoms with Gasteiger partial charge in [0.2, 0.25) is 0 Å². The summed E-state index contributed by atoms with van der Waals surface area (Å²) in [6, 6.07) is 0. The zero-order valence-corrected chi connectivity index (χ0v) is 9.76. The second kappa shape index (κ2) is 3.37. The Morgan fingerprint density at radius 3 is 2.93 bits per heavy atom. The van der Waals surface area contributed by atoms with E-state index in [9.17, 15) is 8.42 Å². The molecule has 1 unspecified atom stereocenters. The lowest BCUT2D eigenvalue weighted by molar-refractivity contribution is 0.211. The van der Waals surface area contributed by atoms with Gasteiger partial charge in [0.05, 0.1) is 23.6 Å². The fraction of sp³-hybridized carbons (Fsp3) is 0.889. The maximum Gasteiger partial charge on any atom is 0.191 e. The summed E-state index contributed by atoms with van der Waals surface area (Å²) in [7, 11) is -2.91. The first-order valence-corrected chi connectivity index (χ1v) is 7.09. The molecule has 0 saturated carbocycles. The minimum atomic E-state index is -2.91. The zero-order chi connectivity index (χ0) is 11.1. The van der Waals surface area contributed by atoms with Crippen LogP contribution >= 0.6 is 0 Å². The Hall–Kier alpha value is -0.780. The first-order valence-electron chi connectivity index (χ1n) is 5.27. The first-order chi connectivity index (χ1) is 6.99. The average Bonchev–Trinajstić information content (AvgIpc) is 2.41. The van der Waals surface area contributed by atoms with Crippen molar-refractivity contribution in [2.45, 2.75) is 25.3 Å². The second-order valence-electron chi connectivity index (χ2n) is 4.34. The summed E-state index contributed by atoms with van der Waals surface area (Å²) in [6.07, 6.45) is 1.60. The summed E-state index contributed by atoms with van der Waals surface area (Å²) in [5, 5.41) is 0. The predicted molar refractivity (Wildman–Crippen MR) is 59.5 cm³/mol. The second-order valence-corrected chi connectivity index (χ2v) is 6.52. The van der Waals surface area contributed by atoms with E-state index in [0.29, 0.717) is 18.3 Å². The number of likely N-dealkylation sites (N-methyl/N-ethyl adjacent to an activating group) is 1. The molecule has 2 aliphatic rings. The first kappa shape index (κ1) is 10.7. The average molecular weight is 231 g/mol. The fourth-order valence-electron chi connectivity index (χ4n) is 2.65. The maximum atomic E-state index is 11.7. The van der Waals surface area contributed by atoms with Gasteiger partial charge in [0.1, 0.15) is 0 Å². The summed E-state index contributed by atoms with van der Waals surface area (Å²) in [4.78, 5) is 6.13. The molecule has 86 valence electrons. The number of hydrogen-bond donors (Lipinski definition) is 1. The molecule has 2 aliphatic heterocycles. The monoisotopic (exact) mass is 231 g/mol. The molecule has 0 aromatic heterocycles. The van der Waals surface area contributed by atoms with Crippen LogP contribution in [-0.2, 0) is 9.84 Å². The Bertz CT molecular complexity index is 390. The van der Waals surface area contributed by atoms with Crippen LogP contribution in [0, 0.1) is 0 Å². The minimum absolute atomic E-state index is 0.206. The van der Waals surface area contributed by atoms with E-state index in [2.05, 4.69) is 4.99 Å². The van der Waals surface area contributed by atoms with Crippen LogP contribution in [0.25, 0.3) is 0 Å². The molecule has 2 rings (SSSR count). The molecule has 0 amide bonds. The number of hydrogen-bond acceptors (Lipinski definition) is 5. The summed E-state index contributed by atoms with van der Waals surface area (Å²) < 4.78 is 23.3. The van der Waals surface area contributed by atoms with Crippen molar-refractivity contribution in [2.24, 2.45) is 10.7 Å². The van der Waals surface area contributed by atoms with E-state index < -0.39 is 9.84 Å². The molecule has 1 atom stereocenters. The van der Waals surface area contributed by atoms with E-state index in [1.54, 1.807) is 0 Å². The molecule has 0 aromatic carbocycles. The fourth-order valence-corrected chi connectivity index (χ4v) is 4.59. The molecule has 0 bridgehead atoms. The summed E-state index contributed by atoms with van der Waals surface area (Å²) in [5.41, 5.74) is 5.43. The number of sulfone groups is 1.